The zero-order chi connectivity index (χ0) is 79.0. The quantitative estimate of drug-likeness (QED) is 0.0324. The van der Waals surface area contributed by atoms with Crippen LogP contribution in [0.3, 0.4) is 0 Å². The third-order valence-electron chi connectivity index (χ3n) is 18.6. The minimum absolute atomic E-state index is 0.547. The van der Waals surface area contributed by atoms with Gasteiger partial charge in [0.1, 0.15) is 19.8 Å². The molecule has 0 amide bonds. The van der Waals surface area contributed by atoms with E-state index >= 15 is 0 Å². The van der Waals surface area contributed by atoms with Gasteiger partial charge in [-0.3, -0.25) is 33.6 Å². The van der Waals surface area contributed by atoms with Crippen molar-refractivity contribution in [3.05, 3.63) is 0 Å². The van der Waals surface area contributed by atoms with E-state index in [9.17, 15) is 163 Å². The van der Waals surface area contributed by atoms with E-state index in [-0.39, 0.29) is 0 Å². The fourth-order valence-electron chi connectivity index (χ4n) is 11.8. The van der Waals surface area contributed by atoms with Crippen molar-refractivity contribution in [1.82, 2.24) is 0 Å². The maximum atomic E-state index is 14.7. The van der Waals surface area contributed by atoms with Crippen LogP contribution in [0.25, 0.3) is 0 Å². The highest BCUT2D eigenvalue weighted by molar-refractivity contribution is 5.80. The second-order valence-corrected chi connectivity index (χ2v) is 27.0. The second-order valence-electron chi connectivity index (χ2n) is 27.0. The molecule has 0 aromatic heterocycles. The molecule has 19 atom stereocenters. The Balaban J connectivity index is 8.61. The van der Waals surface area contributed by atoms with Crippen LogP contribution in [0.1, 0.15) is 170 Å². The lowest BCUT2D eigenvalue weighted by Crippen LogP contribution is -2.43. The summed E-state index contributed by atoms with van der Waals surface area (Å²) in [4.78, 5) is 226. The monoisotopic (exact) mass is 1460 g/mol. The summed E-state index contributed by atoms with van der Waals surface area (Å²) in [5, 5.41) is 173. The summed E-state index contributed by atoms with van der Waals surface area (Å²) in [7, 11) is 0. The van der Waals surface area contributed by atoms with Crippen molar-refractivity contribution in [2.75, 3.05) is 19.8 Å². The number of carbonyl (C=O) groups excluding carboxylic acids is 14. The molecule has 0 aliphatic carbocycles. The molecule has 0 saturated carbocycles. The Morgan fingerprint density at radius 3 is 0.814 bits per heavy atom. The standard InChI is InChI=1S/C66H98O36/c1-8-66(27-100-48(67)21-36(19-41(57(84)85)14-31(3)50(70)71)20-42(58(86)87)15-32(4)51(72)73,28-101-64(98)39(11-9-37(55(80)81)13-30(2)49(68)69)23-46(62(94)95)25-44(60(90)91)17-34(6)53(76)77)29-102-65(99)40(24-47(63(96)97)26-45(61(92)93)18-35(7)54(78)79)12-10-38(56(82)83)22-43(59(88)89)16-33(5)52(74)75/h30-47H,8-29H2,1-7H3,(H,68,69)(H,70,71)(H,72,73)(H,74,75)(H,76,77)(H,78,79)(H,80,81)(H,82,83)(H,84,85)(H,86,87)(H,88,89)(H,90,91)(H,92,93)(H,94,95)(H,96,97)/p-11. The first-order valence-electron chi connectivity index (χ1n) is 32.8. The fraction of sp³-hybridized carbons (Fsp3) is 0.727. The summed E-state index contributed by atoms with van der Waals surface area (Å²) in [6, 6.07) is 0. The van der Waals surface area contributed by atoms with E-state index in [1.807, 2.05) is 0 Å². The van der Waals surface area contributed by atoms with Crippen molar-refractivity contribution in [3.8, 4) is 0 Å². The summed E-state index contributed by atoms with van der Waals surface area (Å²) >= 11 is 0. The number of hydrogen-bond donors (Lipinski definition) is 4. The van der Waals surface area contributed by atoms with Gasteiger partial charge in [0, 0.05) is 72.1 Å². The van der Waals surface area contributed by atoms with E-state index < -0.39 is 361 Å². The lowest BCUT2D eigenvalue weighted by molar-refractivity contribution is -0.321. The number of hydrogen-bond acceptors (Lipinski definition) is 32. The molecular weight excluding hydrogens is 1370 g/mol. The molecule has 0 radical (unpaired) electrons. The minimum Gasteiger partial charge on any atom is -0.550 e. The van der Waals surface area contributed by atoms with Crippen LogP contribution in [0, 0.1) is 112 Å². The van der Waals surface area contributed by atoms with Crippen molar-refractivity contribution >= 4 is 107 Å². The van der Waals surface area contributed by atoms with Gasteiger partial charge in [-0.25, -0.2) is 0 Å². The van der Waals surface area contributed by atoms with Gasteiger partial charge in [0.2, 0.25) is 0 Å². The number of carboxylic acids is 15. The number of ether oxygens (including phenoxy) is 3. The normalized spacial score (nSPS) is 17.3. The molecule has 19 unspecified atom stereocenters. The summed E-state index contributed by atoms with van der Waals surface area (Å²) in [5.41, 5.74) is -2.22. The van der Waals surface area contributed by atoms with Gasteiger partial charge < -0.3 is 144 Å². The van der Waals surface area contributed by atoms with E-state index in [1.165, 1.54) is 6.92 Å². The number of carbonyl (C=O) groups is 18. The molecule has 0 rings (SSSR count). The topological polar surface area (TPSA) is 670 Å². The van der Waals surface area contributed by atoms with Crippen molar-refractivity contribution in [1.29, 1.82) is 0 Å². The predicted octanol–water partition coefficient (Wildman–Crippen LogP) is -9.17. The van der Waals surface area contributed by atoms with Gasteiger partial charge >= 0.3 is 41.8 Å². The Kier molecular flexibility index (Phi) is 40.5. The molecule has 0 fully saturated rings. The van der Waals surface area contributed by atoms with Gasteiger partial charge in [-0.15, -0.1) is 0 Å². The van der Waals surface area contributed by atoms with E-state index in [2.05, 4.69) is 0 Å². The number of esters is 3. The van der Waals surface area contributed by atoms with Crippen LogP contribution in [-0.2, 0) is 101 Å². The van der Waals surface area contributed by atoms with Gasteiger partial charge in [-0.2, -0.15) is 0 Å². The predicted molar refractivity (Wildman–Crippen MR) is 311 cm³/mol. The average Bonchev–Trinajstić information content (AvgIpc) is 0.847. The first-order chi connectivity index (χ1) is 47.1. The molecule has 0 aromatic rings. The van der Waals surface area contributed by atoms with Crippen LogP contribution in [0.5, 0.6) is 0 Å². The van der Waals surface area contributed by atoms with Gasteiger partial charge in [0.15, 0.2) is 0 Å². The molecule has 36 heteroatoms. The van der Waals surface area contributed by atoms with Crippen molar-refractivity contribution in [2.24, 2.45) is 112 Å². The Morgan fingerprint density at radius 2 is 0.510 bits per heavy atom. The summed E-state index contributed by atoms with van der Waals surface area (Å²) < 4.78 is 17.0. The molecule has 0 aliphatic rings. The van der Waals surface area contributed by atoms with Gasteiger partial charge in [0.05, 0.1) is 40.9 Å². The lowest BCUT2D eigenvalue weighted by Gasteiger charge is -2.34. The zero-order valence-corrected chi connectivity index (χ0v) is 57.3. The molecule has 578 valence electrons. The smallest absolute Gasteiger partial charge is 0.308 e. The van der Waals surface area contributed by atoms with E-state index in [0.29, 0.717) is 0 Å². The van der Waals surface area contributed by atoms with E-state index in [4.69, 9.17) is 14.2 Å². The molecule has 0 aliphatic heterocycles. The van der Waals surface area contributed by atoms with Crippen LogP contribution < -0.4 is 56.2 Å². The third kappa shape index (κ3) is 34.2. The number of rotatable bonds is 58. The maximum absolute atomic E-state index is 14.7. The van der Waals surface area contributed by atoms with Crippen LogP contribution in [0.4, 0.5) is 0 Å². The van der Waals surface area contributed by atoms with Gasteiger partial charge in [-0.05, 0) is 187 Å². The Hall–Kier alpha value is -9.54. The molecule has 4 N–H and O–H groups in total. The van der Waals surface area contributed by atoms with Crippen LogP contribution in [0.2, 0.25) is 0 Å². The molecule has 36 nitrogen and oxygen atoms in total. The molecule has 0 bridgehead atoms. The Bertz CT molecular complexity index is 2910. The SMILES string of the molecule is CCC(COC(=O)CC(CC(CC(C)C(=O)[O-])C(=O)[O-])CC(CC(C)C(=O)O)C(=O)O)(COC(=O)C(CCC(CC(CC(C)C(=O)[O-])C(=O)O)C(=O)[O-])CC(CC(CC(C)C(=O)[O-])C(=O)[O-])C(=O)[O-])COC(=O)C(CCC(CC(C)C(=O)[O-])C(=O)O)CC(CC(CC(C)C(=O)[O-])C(=O)[O-])C(=O)[O-]. The number of aliphatic carboxylic acids is 15. The minimum atomic E-state index is -2.22. The Morgan fingerprint density at radius 1 is 0.275 bits per heavy atom. The molecular formula is C66H87O36-11. The molecule has 0 heterocycles. The highest BCUT2D eigenvalue weighted by Gasteiger charge is 2.40. The summed E-state index contributed by atoms with van der Waals surface area (Å²) in [6.45, 7) is 3.90. The summed E-state index contributed by atoms with van der Waals surface area (Å²) in [5.74, 6) is -63.0. The summed E-state index contributed by atoms with van der Waals surface area (Å²) in [6.07, 6.45) is -15.7. The third-order valence-corrected chi connectivity index (χ3v) is 18.6. The fourth-order valence-corrected chi connectivity index (χ4v) is 11.8. The first-order valence-corrected chi connectivity index (χ1v) is 32.8. The first kappa shape index (κ1) is 92.5. The van der Waals surface area contributed by atoms with Gasteiger partial charge in [0.25, 0.3) is 0 Å². The van der Waals surface area contributed by atoms with Crippen molar-refractivity contribution in [3.63, 3.8) is 0 Å². The number of carboxylic acid groups (broad SMARTS) is 15. The van der Waals surface area contributed by atoms with E-state index in [0.717, 1.165) is 41.5 Å². The highest BCUT2D eigenvalue weighted by Crippen LogP contribution is 2.36. The molecule has 102 heavy (non-hydrogen) atoms. The maximum Gasteiger partial charge on any atom is 0.308 e. The van der Waals surface area contributed by atoms with Crippen molar-refractivity contribution < 1.29 is 177 Å². The van der Waals surface area contributed by atoms with Crippen LogP contribution >= 0.6 is 0 Å². The van der Waals surface area contributed by atoms with Crippen molar-refractivity contribution in [2.45, 2.75) is 170 Å². The molecule has 0 aromatic carbocycles. The second kappa shape index (κ2) is 44.7. The zero-order valence-electron chi connectivity index (χ0n) is 57.3. The average molecular weight is 1460 g/mol. The largest absolute Gasteiger partial charge is 0.550 e. The van der Waals surface area contributed by atoms with Gasteiger partial charge in [-0.1, -0.05) is 48.5 Å². The highest BCUT2D eigenvalue weighted by atomic mass is 16.6. The van der Waals surface area contributed by atoms with E-state index in [1.54, 1.807) is 0 Å². The van der Waals surface area contributed by atoms with Crippen LogP contribution in [-0.4, -0.2) is 148 Å². The Labute approximate surface area is 585 Å². The molecule has 0 spiro atoms. The molecule has 0 saturated heterocycles. The lowest BCUT2D eigenvalue weighted by atomic mass is 9.79. The van der Waals surface area contributed by atoms with Crippen LogP contribution in [0.15, 0.2) is 0 Å².